The summed E-state index contributed by atoms with van der Waals surface area (Å²) in [6.45, 7) is 5.44. The van der Waals surface area contributed by atoms with Crippen LogP contribution in [-0.4, -0.2) is 27.9 Å². The van der Waals surface area contributed by atoms with Crippen LogP contribution in [0.15, 0.2) is 24.4 Å². The Balaban J connectivity index is 2.32. The average Bonchev–Trinajstić information content (AvgIpc) is 2.73. The van der Waals surface area contributed by atoms with Crippen molar-refractivity contribution in [2.45, 2.75) is 20.8 Å². The van der Waals surface area contributed by atoms with Crippen LogP contribution in [0.5, 0.6) is 0 Å². The molecule has 0 fully saturated rings. The van der Waals surface area contributed by atoms with E-state index in [4.69, 9.17) is 4.74 Å². The highest BCUT2D eigenvalue weighted by Crippen LogP contribution is 2.17. The standard InChI is InChI=1S/C15H17N3O3/c1-4-21-15(20)8-6-13-10(2)18-9-12(16-11(3)19)5-7-14(18)17-13/h5-9H,4H2,1-3H3,(H,16,19)/b8-6+. The summed E-state index contributed by atoms with van der Waals surface area (Å²) in [5.41, 5.74) is 2.99. The molecule has 0 aromatic carbocycles. The number of hydrogen-bond acceptors (Lipinski definition) is 4. The average molecular weight is 287 g/mol. The maximum absolute atomic E-state index is 11.3. The topological polar surface area (TPSA) is 72.7 Å². The molecule has 0 aliphatic heterocycles. The van der Waals surface area contributed by atoms with Gasteiger partial charge < -0.3 is 14.5 Å². The highest BCUT2D eigenvalue weighted by Gasteiger charge is 2.07. The third-order valence-corrected chi connectivity index (χ3v) is 2.88. The van der Waals surface area contributed by atoms with Gasteiger partial charge in [-0.2, -0.15) is 0 Å². The monoisotopic (exact) mass is 287 g/mol. The lowest BCUT2D eigenvalue weighted by molar-refractivity contribution is -0.137. The molecule has 2 aromatic rings. The number of aryl methyl sites for hydroxylation is 1. The molecule has 1 N–H and O–H groups in total. The van der Waals surface area contributed by atoms with Crippen LogP contribution in [0.4, 0.5) is 5.69 Å². The van der Waals surface area contributed by atoms with Gasteiger partial charge in [0, 0.05) is 24.9 Å². The summed E-state index contributed by atoms with van der Waals surface area (Å²) in [6, 6.07) is 3.59. The summed E-state index contributed by atoms with van der Waals surface area (Å²) in [6.07, 6.45) is 4.77. The smallest absolute Gasteiger partial charge is 0.330 e. The second kappa shape index (κ2) is 6.21. The normalized spacial score (nSPS) is 11.0. The first-order valence-corrected chi connectivity index (χ1v) is 6.62. The van der Waals surface area contributed by atoms with E-state index in [2.05, 4.69) is 10.3 Å². The molecule has 0 aliphatic carbocycles. The summed E-state index contributed by atoms with van der Waals surface area (Å²) in [5, 5.41) is 2.72. The van der Waals surface area contributed by atoms with Gasteiger partial charge in [-0.3, -0.25) is 4.79 Å². The fourth-order valence-electron chi connectivity index (χ4n) is 1.95. The van der Waals surface area contributed by atoms with E-state index in [0.29, 0.717) is 18.0 Å². The van der Waals surface area contributed by atoms with Gasteiger partial charge in [-0.25, -0.2) is 9.78 Å². The number of carbonyl (C=O) groups is 2. The molecule has 0 radical (unpaired) electrons. The minimum Gasteiger partial charge on any atom is -0.463 e. The first-order valence-electron chi connectivity index (χ1n) is 6.62. The molecule has 6 nitrogen and oxygen atoms in total. The maximum Gasteiger partial charge on any atom is 0.330 e. The fourth-order valence-corrected chi connectivity index (χ4v) is 1.95. The predicted octanol–water partition coefficient (Wildman–Crippen LogP) is 2.18. The van der Waals surface area contributed by atoms with Gasteiger partial charge in [0.05, 0.1) is 18.0 Å². The Kier molecular flexibility index (Phi) is 4.37. The van der Waals surface area contributed by atoms with Crippen molar-refractivity contribution in [2.75, 3.05) is 11.9 Å². The Morgan fingerprint density at radius 2 is 2.19 bits per heavy atom. The molecule has 0 bridgehead atoms. The van der Waals surface area contributed by atoms with Crippen molar-refractivity contribution in [3.63, 3.8) is 0 Å². The first kappa shape index (κ1) is 14.8. The number of ether oxygens (including phenoxy) is 1. The summed E-state index contributed by atoms with van der Waals surface area (Å²) in [4.78, 5) is 26.8. The number of esters is 1. The molecule has 0 unspecified atom stereocenters. The predicted molar refractivity (Wildman–Crippen MR) is 79.9 cm³/mol. The lowest BCUT2D eigenvalue weighted by atomic mass is 10.3. The van der Waals surface area contributed by atoms with Crippen molar-refractivity contribution in [2.24, 2.45) is 0 Å². The number of amides is 1. The van der Waals surface area contributed by atoms with Crippen LogP contribution in [0.25, 0.3) is 11.7 Å². The van der Waals surface area contributed by atoms with E-state index < -0.39 is 5.97 Å². The quantitative estimate of drug-likeness (QED) is 0.691. The van der Waals surface area contributed by atoms with Gasteiger partial charge in [-0.1, -0.05) is 0 Å². The largest absolute Gasteiger partial charge is 0.463 e. The lowest BCUT2D eigenvalue weighted by Crippen LogP contribution is -2.06. The molecular weight excluding hydrogens is 270 g/mol. The van der Waals surface area contributed by atoms with Gasteiger partial charge in [0.25, 0.3) is 0 Å². The SMILES string of the molecule is CCOC(=O)/C=C/c1nc2ccc(NC(C)=O)cn2c1C. The van der Waals surface area contributed by atoms with E-state index >= 15 is 0 Å². The van der Waals surface area contributed by atoms with Crippen LogP contribution in [0, 0.1) is 6.92 Å². The number of imidazole rings is 1. The van der Waals surface area contributed by atoms with Gasteiger partial charge in [0.15, 0.2) is 0 Å². The molecule has 2 rings (SSSR count). The van der Waals surface area contributed by atoms with Crippen LogP contribution >= 0.6 is 0 Å². The van der Waals surface area contributed by atoms with Crippen molar-refractivity contribution < 1.29 is 14.3 Å². The lowest BCUT2D eigenvalue weighted by Gasteiger charge is -2.03. The molecule has 21 heavy (non-hydrogen) atoms. The number of fused-ring (bicyclic) bond motifs is 1. The van der Waals surface area contributed by atoms with E-state index in [1.807, 2.05) is 11.3 Å². The van der Waals surface area contributed by atoms with Crippen LogP contribution in [-0.2, 0) is 14.3 Å². The van der Waals surface area contributed by atoms with Gasteiger partial charge in [0.1, 0.15) is 5.65 Å². The molecule has 2 aromatic heterocycles. The first-order chi connectivity index (χ1) is 10.0. The zero-order chi connectivity index (χ0) is 15.4. The minimum absolute atomic E-state index is 0.130. The molecule has 2 heterocycles. The second-order valence-corrected chi connectivity index (χ2v) is 4.49. The molecule has 6 heteroatoms. The van der Waals surface area contributed by atoms with Crippen LogP contribution in [0.3, 0.4) is 0 Å². The number of hydrogen-bond donors (Lipinski definition) is 1. The van der Waals surface area contributed by atoms with Crippen LogP contribution in [0.2, 0.25) is 0 Å². The van der Waals surface area contributed by atoms with E-state index in [-0.39, 0.29) is 5.91 Å². The number of aromatic nitrogens is 2. The van der Waals surface area contributed by atoms with Crippen LogP contribution in [0.1, 0.15) is 25.2 Å². The van der Waals surface area contributed by atoms with Gasteiger partial charge in [-0.15, -0.1) is 0 Å². The molecular formula is C15H17N3O3. The Morgan fingerprint density at radius 1 is 1.43 bits per heavy atom. The minimum atomic E-state index is -0.395. The summed E-state index contributed by atoms with van der Waals surface area (Å²) in [5.74, 6) is -0.526. The summed E-state index contributed by atoms with van der Waals surface area (Å²) < 4.78 is 6.69. The number of pyridine rings is 1. The zero-order valence-electron chi connectivity index (χ0n) is 12.2. The van der Waals surface area contributed by atoms with E-state index in [1.54, 1.807) is 31.3 Å². The number of nitrogens with one attached hydrogen (secondary N) is 1. The Hall–Kier alpha value is -2.63. The van der Waals surface area contributed by atoms with Crippen molar-refractivity contribution in [1.29, 1.82) is 0 Å². The van der Waals surface area contributed by atoms with Crippen molar-refractivity contribution in [1.82, 2.24) is 9.38 Å². The Labute approximate surface area is 122 Å². The summed E-state index contributed by atoms with van der Waals surface area (Å²) >= 11 is 0. The third-order valence-electron chi connectivity index (χ3n) is 2.88. The zero-order valence-corrected chi connectivity index (χ0v) is 12.2. The second-order valence-electron chi connectivity index (χ2n) is 4.49. The Morgan fingerprint density at radius 3 is 2.86 bits per heavy atom. The van der Waals surface area contributed by atoms with E-state index in [1.165, 1.54) is 13.0 Å². The molecule has 110 valence electrons. The molecule has 0 aliphatic rings. The van der Waals surface area contributed by atoms with Gasteiger partial charge in [-0.05, 0) is 32.1 Å². The van der Waals surface area contributed by atoms with E-state index in [9.17, 15) is 9.59 Å². The number of carbonyl (C=O) groups excluding carboxylic acids is 2. The number of anilines is 1. The fraction of sp³-hybridized carbons (Fsp3) is 0.267. The molecule has 0 saturated heterocycles. The van der Waals surface area contributed by atoms with Crippen molar-refractivity contribution in [3.8, 4) is 0 Å². The van der Waals surface area contributed by atoms with Gasteiger partial charge >= 0.3 is 5.97 Å². The molecule has 0 spiro atoms. The van der Waals surface area contributed by atoms with Crippen LogP contribution < -0.4 is 5.32 Å². The number of rotatable bonds is 4. The molecule has 1 amide bonds. The molecule has 0 saturated carbocycles. The third kappa shape index (κ3) is 3.47. The Bertz CT molecular complexity index is 716. The highest BCUT2D eigenvalue weighted by atomic mass is 16.5. The van der Waals surface area contributed by atoms with Crippen molar-refractivity contribution in [3.05, 3.63) is 35.8 Å². The van der Waals surface area contributed by atoms with Gasteiger partial charge in [0.2, 0.25) is 5.91 Å². The van der Waals surface area contributed by atoms with E-state index in [0.717, 1.165) is 11.3 Å². The highest BCUT2D eigenvalue weighted by molar-refractivity contribution is 5.89. The maximum atomic E-state index is 11.3. The van der Waals surface area contributed by atoms with Crippen molar-refractivity contribution >= 4 is 29.3 Å². The number of nitrogens with zero attached hydrogens (tertiary/aromatic N) is 2. The summed E-state index contributed by atoms with van der Waals surface area (Å²) in [7, 11) is 0. The molecule has 0 atom stereocenters.